The zero-order valence-electron chi connectivity index (χ0n) is 21.4. The van der Waals surface area contributed by atoms with E-state index in [1.165, 1.54) is 18.3 Å². The number of alkyl halides is 3. The van der Waals surface area contributed by atoms with Gasteiger partial charge in [-0.3, -0.25) is 4.57 Å². The first-order valence-corrected chi connectivity index (χ1v) is 12.8. The molecule has 1 aromatic heterocycles. The van der Waals surface area contributed by atoms with Gasteiger partial charge in [0.2, 0.25) is 0 Å². The SMILES string of the molecule is CC1(COc2ccc(N3CCC(CC=Cc4ccc(C(F)(F)F)cc4)CC3)cc2)Cn2cc([N+](=O)[O-])nc2O1. The quantitative estimate of drug-likeness (QED) is 0.243. The zero-order chi connectivity index (χ0) is 27.6. The fourth-order valence-corrected chi connectivity index (χ4v) is 4.95. The third-order valence-electron chi connectivity index (χ3n) is 7.14. The number of allylic oxidation sites excluding steroid dienone is 1. The number of nitro groups is 1. The predicted octanol–water partition coefficient (Wildman–Crippen LogP) is 6.36. The lowest BCUT2D eigenvalue weighted by Gasteiger charge is -2.33. The van der Waals surface area contributed by atoms with Gasteiger partial charge in [0.05, 0.1) is 12.1 Å². The van der Waals surface area contributed by atoms with Crippen LogP contribution in [0.2, 0.25) is 0 Å². The number of nitrogens with zero attached hydrogens (tertiary/aromatic N) is 4. The minimum atomic E-state index is -4.31. The second kappa shape index (κ2) is 10.6. The Bertz CT molecular complexity index is 1300. The third kappa shape index (κ3) is 6.35. The molecule has 1 saturated heterocycles. The van der Waals surface area contributed by atoms with Crippen molar-refractivity contribution in [2.45, 2.75) is 44.5 Å². The van der Waals surface area contributed by atoms with Gasteiger partial charge in [-0.15, -0.1) is 0 Å². The van der Waals surface area contributed by atoms with E-state index in [9.17, 15) is 23.3 Å². The summed E-state index contributed by atoms with van der Waals surface area (Å²) < 4.78 is 51.5. The van der Waals surface area contributed by atoms with Crippen molar-refractivity contribution in [1.82, 2.24) is 9.55 Å². The molecule has 0 spiro atoms. The fourth-order valence-electron chi connectivity index (χ4n) is 4.95. The summed E-state index contributed by atoms with van der Waals surface area (Å²) in [4.78, 5) is 16.6. The number of rotatable bonds is 8. The highest BCUT2D eigenvalue weighted by Crippen LogP contribution is 2.33. The van der Waals surface area contributed by atoms with E-state index in [0.29, 0.717) is 18.2 Å². The van der Waals surface area contributed by atoms with Gasteiger partial charge in [0.1, 0.15) is 18.6 Å². The Morgan fingerprint density at radius 1 is 1.15 bits per heavy atom. The number of halogens is 3. The van der Waals surface area contributed by atoms with E-state index in [4.69, 9.17) is 9.47 Å². The first kappa shape index (κ1) is 26.6. The van der Waals surface area contributed by atoms with Crippen molar-refractivity contribution >= 4 is 17.6 Å². The van der Waals surface area contributed by atoms with Crippen LogP contribution in [0.25, 0.3) is 6.08 Å². The predicted molar refractivity (Wildman–Crippen MR) is 140 cm³/mol. The Labute approximate surface area is 223 Å². The summed E-state index contributed by atoms with van der Waals surface area (Å²) in [5.41, 5.74) is 0.592. The van der Waals surface area contributed by atoms with Crippen LogP contribution in [0.3, 0.4) is 0 Å². The van der Waals surface area contributed by atoms with Crippen LogP contribution in [-0.4, -0.2) is 39.8 Å². The van der Waals surface area contributed by atoms with Crippen molar-refractivity contribution in [3.63, 3.8) is 0 Å². The minimum Gasteiger partial charge on any atom is -0.489 e. The minimum absolute atomic E-state index is 0.224. The van der Waals surface area contributed by atoms with E-state index in [1.54, 1.807) is 4.57 Å². The Kier molecular flexibility index (Phi) is 7.24. The first-order chi connectivity index (χ1) is 18.6. The Morgan fingerprint density at radius 3 is 2.46 bits per heavy atom. The number of aromatic nitrogens is 2. The first-order valence-electron chi connectivity index (χ1n) is 12.8. The Balaban J connectivity index is 1.05. The maximum absolute atomic E-state index is 12.7. The number of benzene rings is 2. The highest BCUT2D eigenvalue weighted by molar-refractivity contribution is 5.51. The van der Waals surface area contributed by atoms with Gasteiger partial charge >= 0.3 is 18.0 Å². The maximum atomic E-state index is 12.7. The van der Waals surface area contributed by atoms with E-state index >= 15 is 0 Å². The molecule has 0 N–H and O–H groups in total. The van der Waals surface area contributed by atoms with Crippen LogP contribution in [0.4, 0.5) is 24.7 Å². The van der Waals surface area contributed by atoms with Crippen LogP contribution in [0, 0.1) is 16.0 Å². The zero-order valence-corrected chi connectivity index (χ0v) is 21.4. The summed E-state index contributed by atoms with van der Waals surface area (Å²) in [6.45, 7) is 4.43. The highest BCUT2D eigenvalue weighted by Gasteiger charge is 2.41. The molecule has 0 amide bonds. The molecule has 1 atom stereocenters. The van der Waals surface area contributed by atoms with Crippen LogP contribution in [-0.2, 0) is 12.7 Å². The van der Waals surface area contributed by atoms with E-state index < -0.39 is 22.3 Å². The number of hydrogen-bond donors (Lipinski definition) is 0. The van der Waals surface area contributed by atoms with Crippen molar-refractivity contribution < 1.29 is 27.6 Å². The summed E-state index contributed by atoms with van der Waals surface area (Å²) in [6, 6.07) is 13.4. The molecule has 5 rings (SSSR count). The average Bonchev–Trinajstić information content (AvgIpc) is 3.44. The molecule has 2 aliphatic heterocycles. The van der Waals surface area contributed by atoms with Crippen molar-refractivity contribution in [1.29, 1.82) is 0 Å². The van der Waals surface area contributed by atoms with Gasteiger partial charge in [-0.2, -0.15) is 13.2 Å². The van der Waals surface area contributed by atoms with Crippen molar-refractivity contribution in [3.05, 3.63) is 82.0 Å². The van der Waals surface area contributed by atoms with E-state index in [-0.39, 0.29) is 18.4 Å². The summed E-state index contributed by atoms with van der Waals surface area (Å²) in [6.07, 6.45) is 3.98. The van der Waals surface area contributed by atoms with Gasteiger partial charge in [0.25, 0.3) is 0 Å². The van der Waals surface area contributed by atoms with Crippen LogP contribution < -0.4 is 14.4 Å². The molecule has 3 heterocycles. The van der Waals surface area contributed by atoms with E-state index in [2.05, 4.69) is 16.0 Å². The molecule has 11 heteroatoms. The number of anilines is 1. The Morgan fingerprint density at radius 2 is 1.85 bits per heavy atom. The van der Waals surface area contributed by atoms with Gasteiger partial charge in [0, 0.05) is 23.8 Å². The molecule has 1 fully saturated rings. The van der Waals surface area contributed by atoms with Gasteiger partial charge in [-0.1, -0.05) is 24.3 Å². The molecule has 2 aromatic carbocycles. The number of fused-ring (bicyclic) bond motifs is 1. The highest BCUT2D eigenvalue weighted by atomic mass is 19.4. The summed E-state index contributed by atoms with van der Waals surface area (Å²) in [5, 5.41) is 10.9. The monoisotopic (exact) mass is 542 g/mol. The second-order valence-corrected chi connectivity index (χ2v) is 10.3. The lowest BCUT2D eigenvalue weighted by Crippen LogP contribution is -2.38. The number of ether oxygens (including phenoxy) is 2. The number of imidazole rings is 1. The smallest absolute Gasteiger partial charge is 0.416 e. The lowest BCUT2D eigenvalue weighted by molar-refractivity contribution is -0.389. The molecular formula is C28H29F3N4O4. The second-order valence-electron chi connectivity index (χ2n) is 10.3. The summed E-state index contributed by atoms with van der Waals surface area (Å²) in [5.74, 6) is 1.02. The molecule has 206 valence electrons. The largest absolute Gasteiger partial charge is 0.489 e. The Hall–Kier alpha value is -4.02. The molecule has 0 radical (unpaired) electrons. The van der Waals surface area contributed by atoms with Crippen LogP contribution >= 0.6 is 0 Å². The van der Waals surface area contributed by atoms with Gasteiger partial charge in [0.15, 0.2) is 5.60 Å². The number of hydrogen-bond acceptors (Lipinski definition) is 6. The molecule has 39 heavy (non-hydrogen) atoms. The van der Waals surface area contributed by atoms with Gasteiger partial charge in [-0.25, -0.2) is 0 Å². The standard InChI is InChI=1S/C28H29F3N4O4/c1-27(18-34-17-25(35(36)37)32-26(34)39-27)19-38-24-11-9-23(10-12-24)33-15-13-21(14-16-33)4-2-3-20-5-7-22(8-6-20)28(29,30)31/h2-3,5-12,17,21H,4,13-16,18-19H2,1H3. The molecule has 2 aliphatic rings. The molecule has 8 nitrogen and oxygen atoms in total. The lowest BCUT2D eigenvalue weighted by atomic mass is 9.93. The average molecular weight is 543 g/mol. The van der Waals surface area contributed by atoms with Crippen LogP contribution in [0.5, 0.6) is 11.8 Å². The van der Waals surface area contributed by atoms with Crippen LogP contribution in [0.1, 0.15) is 37.3 Å². The topological polar surface area (TPSA) is 82.7 Å². The van der Waals surface area contributed by atoms with Crippen molar-refractivity contribution in [3.8, 4) is 11.8 Å². The summed E-state index contributed by atoms with van der Waals surface area (Å²) in [7, 11) is 0. The molecule has 1 unspecified atom stereocenters. The van der Waals surface area contributed by atoms with Crippen LogP contribution in [0.15, 0.2) is 60.8 Å². The molecule has 0 saturated carbocycles. The van der Waals surface area contributed by atoms with Gasteiger partial charge in [-0.05, 0) is 79.0 Å². The normalized spacial score (nSPS) is 19.7. The van der Waals surface area contributed by atoms with Crippen molar-refractivity contribution in [2.75, 3.05) is 24.6 Å². The van der Waals surface area contributed by atoms with Gasteiger partial charge < -0.3 is 24.5 Å². The van der Waals surface area contributed by atoms with E-state index in [1.807, 2.05) is 37.3 Å². The molecule has 3 aromatic rings. The molecule has 0 bridgehead atoms. The number of piperidine rings is 1. The summed E-state index contributed by atoms with van der Waals surface area (Å²) >= 11 is 0. The third-order valence-corrected chi connectivity index (χ3v) is 7.14. The van der Waals surface area contributed by atoms with E-state index in [0.717, 1.165) is 55.7 Å². The molecular weight excluding hydrogens is 513 g/mol. The van der Waals surface area contributed by atoms with Crippen molar-refractivity contribution in [2.24, 2.45) is 5.92 Å². The molecule has 0 aliphatic carbocycles. The maximum Gasteiger partial charge on any atom is 0.416 e. The fraction of sp³-hybridized carbons (Fsp3) is 0.393.